The van der Waals surface area contributed by atoms with Gasteiger partial charge in [0.25, 0.3) is 5.96 Å². The monoisotopic (exact) mass is 419 g/mol. The van der Waals surface area contributed by atoms with Crippen LogP contribution in [0.25, 0.3) is 0 Å². The number of hydrazine groups is 1. The van der Waals surface area contributed by atoms with Gasteiger partial charge >= 0.3 is 6.09 Å². The van der Waals surface area contributed by atoms with Crippen molar-refractivity contribution in [3.05, 3.63) is 46.0 Å². The number of hydrogen-bond acceptors (Lipinski definition) is 6. The number of rotatable bonds is 6. The SMILES string of the molecule is N=C(N[N+](=O)[O-])N1CCC[C@H](NC(=O)OCc2ccccc2)[C@H]1OC1CCCCC1. The van der Waals surface area contributed by atoms with Crippen LogP contribution < -0.4 is 10.7 Å². The first kappa shape index (κ1) is 21.8. The molecule has 2 atom stereocenters. The summed E-state index contributed by atoms with van der Waals surface area (Å²) in [6.45, 7) is 0.588. The van der Waals surface area contributed by atoms with Crippen LogP contribution in [0.3, 0.4) is 0 Å². The van der Waals surface area contributed by atoms with Crippen molar-refractivity contribution in [2.45, 2.75) is 69.9 Å². The number of nitro groups is 1. The number of hydrogen-bond donors (Lipinski definition) is 3. The molecule has 0 aromatic heterocycles. The van der Waals surface area contributed by atoms with Crippen molar-refractivity contribution in [3.63, 3.8) is 0 Å². The quantitative estimate of drug-likeness (QED) is 0.280. The van der Waals surface area contributed by atoms with Crippen molar-refractivity contribution in [1.29, 1.82) is 5.41 Å². The van der Waals surface area contributed by atoms with E-state index in [4.69, 9.17) is 14.9 Å². The zero-order chi connectivity index (χ0) is 21.3. The first-order valence-electron chi connectivity index (χ1n) is 10.4. The van der Waals surface area contributed by atoms with E-state index >= 15 is 0 Å². The zero-order valence-electron chi connectivity index (χ0n) is 16.9. The number of likely N-dealkylation sites (tertiary alicyclic amines) is 1. The van der Waals surface area contributed by atoms with Crippen LogP contribution in [-0.4, -0.2) is 46.9 Å². The maximum atomic E-state index is 12.4. The Kier molecular flexibility index (Phi) is 7.83. The lowest BCUT2D eigenvalue weighted by molar-refractivity contribution is -0.527. The fourth-order valence-corrected chi connectivity index (χ4v) is 3.98. The molecule has 2 fully saturated rings. The summed E-state index contributed by atoms with van der Waals surface area (Å²) in [7, 11) is 0. The van der Waals surface area contributed by atoms with E-state index in [1.54, 1.807) is 0 Å². The predicted octanol–water partition coefficient (Wildman–Crippen LogP) is 2.77. The Morgan fingerprint density at radius 3 is 2.60 bits per heavy atom. The molecule has 0 unspecified atom stereocenters. The molecule has 164 valence electrons. The van der Waals surface area contributed by atoms with Crippen LogP contribution in [0, 0.1) is 15.5 Å². The van der Waals surface area contributed by atoms with Gasteiger partial charge in [-0.1, -0.05) is 55.0 Å². The Morgan fingerprint density at radius 1 is 1.17 bits per heavy atom. The lowest BCUT2D eigenvalue weighted by Gasteiger charge is -2.43. The average Bonchev–Trinajstić information content (AvgIpc) is 2.74. The molecule has 0 spiro atoms. The minimum absolute atomic E-state index is 0.0115. The average molecular weight is 419 g/mol. The molecule has 1 aromatic carbocycles. The lowest BCUT2D eigenvalue weighted by atomic mass is 9.97. The molecule has 1 aliphatic heterocycles. The van der Waals surface area contributed by atoms with Crippen molar-refractivity contribution in [2.24, 2.45) is 0 Å². The first-order chi connectivity index (χ1) is 14.5. The van der Waals surface area contributed by atoms with Gasteiger partial charge in [0.1, 0.15) is 6.61 Å². The number of benzene rings is 1. The van der Waals surface area contributed by atoms with Crippen LogP contribution >= 0.6 is 0 Å². The van der Waals surface area contributed by atoms with Crippen molar-refractivity contribution < 1.29 is 19.3 Å². The van der Waals surface area contributed by atoms with Crippen LogP contribution in [0.5, 0.6) is 0 Å². The normalized spacial score (nSPS) is 22.2. The van der Waals surface area contributed by atoms with Gasteiger partial charge in [-0.05, 0) is 31.2 Å². The molecule has 10 nitrogen and oxygen atoms in total. The molecule has 1 aliphatic carbocycles. The molecule has 1 saturated carbocycles. The molecule has 3 rings (SSSR count). The smallest absolute Gasteiger partial charge is 0.407 e. The van der Waals surface area contributed by atoms with Crippen LogP contribution in [-0.2, 0) is 16.1 Å². The van der Waals surface area contributed by atoms with E-state index in [1.165, 1.54) is 11.3 Å². The van der Waals surface area contributed by atoms with E-state index in [9.17, 15) is 14.9 Å². The lowest BCUT2D eigenvalue weighted by Crippen LogP contribution is -2.61. The molecule has 1 saturated heterocycles. The molecule has 10 heteroatoms. The molecule has 1 amide bonds. The standard InChI is InChI=1S/C20H29N5O5/c21-19(23-25(27)28)24-13-7-12-17(18(24)30-16-10-5-2-6-11-16)22-20(26)29-14-15-8-3-1-4-9-15/h1,3-4,8-9,16-18H,2,5-7,10-14H2,(H2,21,23)(H,22,26)/t17-,18+/m0/s1. The summed E-state index contributed by atoms with van der Waals surface area (Å²) in [6.07, 6.45) is 5.20. The first-order valence-corrected chi connectivity index (χ1v) is 10.4. The van der Waals surface area contributed by atoms with Crippen LogP contribution in [0.15, 0.2) is 30.3 Å². The molecular weight excluding hydrogens is 390 g/mol. The number of piperidine rings is 1. The highest BCUT2D eigenvalue weighted by molar-refractivity contribution is 5.76. The second kappa shape index (κ2) is 10.8. The number of amides is 1. The van der Waals surface area contributed by atoms with Gasteiger partial charge in [0.2, 0.25) is 0 Å². The summed E-state index contributed by atoms with van der Waals surface area (Å²) in [6, 6.07) is 8.94. The minimum Gasteiger partial charge on any atom is -0.445 e. The van der Waals surface area contributed by atoms with Gasteiger partial charge in [-0.3, -0.25) is 5.41 Å². The van der Waals surface area contributed by atoms with E-state index in [1.807, 2.05) is 35.8 Å². The third-order valence-electron chi connectivity index (χ3n) is 5.45. The summed E-state index contributed by atoms with van der Waals surface area (Å²) >= 11 is 0. The van der Waals surface area contributed by atoms with Crippen LogP contribution in [0.4, 0.5) is 4.79 Å². The minimum atomic E-state index is -0.759. The number of nitrogens with zero attached hydrogens (tertiary/aromatic N) is 2. The van der Waals surface area contributed by atoms with E-state index in [0.29, 0.717) is 19.4 Å². The molecular formula is C20H29N5O5. The summed E-state index contributed by atoms with van der Waals surface area (Å²) in [5.41, 5.74) is 2.79. The van der Waals surface area contributed by atoms with Gasteiger partial charge in [-0.15, -0.1) is 0 Å². The van der Waals surface area contributed by atoms with Gasteiger partial charge < -0.3 is 19.7 Å². The highest BCUT2D eigenvalue weighted by Gasteiger charge is 2.38. The highest BCUT2D eigenvalue weighted by atomic mass is 16.7. The van der Waals surface area contributed by atoms with Crippen LogP contribution in [0.2, 0.25) is 0 Å². The Hall–Kier alpha value is -2.88. The van der Waals surface area contributed by atoms with Gasteiger partial charge in [0, 0.05) is 6.54 Å². The summed E-state index contributed by atoms with van der Waals surface area (Å²) in [5, 5.41) is 21.0. The van der Waals surface area contributed by atoms with Gasteiger partial charge in [0.15, 0.2) is 11.3 Å². The highest BCUT2D eigenvalue weighted by Crippen LogP contribution is 2.26. The summed E-state index contributed by atoms with van der Waals surface area (Å²) in [4.78, 5) is 24.7. The van der Waals surface area contributed by atoms with Crippen molar-refractivity contribution >= 4 is 12.1 Å². The largest absolute Gasteiger partial charge is 0.445 e. The van der Waals surface area contributed by atoms with E-state index in [-0.39, 0.29) is 18.7 Å². The van der Waals surface area contributed by atoms with E-state index < -0.39 is 23.4 Å². The third kappa shape index (κ3) is 6.31. The van der Waals surface area contributed by atoms with Crippen molar-refractivity contribution in [3.8, 4) is 0 Å². The second-order valence-corrected chi connectivity index (χ2v) is 7.65. The van der Waals surface area contributed by atoms with E-state index in [0.717, 1.165) is 31.2 Å². The number of carbonyl (C=O) groups is 1. The van der Waals surface area contributed by atoms with E-state index in [2.05, 4.69) is 5.32 Å². The molecule has 3 N–H and O–H groups in total. The Morgan fingerprint density at radius 2 is 1.90 bits per heavy atom. The maximum Gasteiger partial charge on any atom is 0.407 e. The zero-order valence-corrected chi connectivity index (χ0v) is 16.9. The Bertz CT molecular complexity index is 726. The maximum absolute atomic E-state index is 12.4. The van der Waals surface area contributed by atoms with Gasteiger partial charge in [0.05, 0.1) is 12.1 Å². The fourth-order valence-electron chi connectivity index (χ4n) is 3.98. The third-order valence-corrected chi connectivity index (χ3v) is 5.45. The molecule has 0 bridgehead atoms. The number of ether oxygens (including phenoxy) is 2. The predicted molar refractivity (Wildman–Crippen MR) is 109 cm³/mol. The number of alkyl carbamates (subject to hydrolysis) is 1. The van der Waals surface area contributed by atoms with Gasteiger partial charge in [-0.2, -0.15) is 0 Å². The molecule has 0 radical (unpaired) electrons. The Labute approximate surface area is 175 Å². The fraction of sp³-hybridized carbons (Fsp3) is 0.600. The van der Waals surface area contributed by atoms with Crippen LogP contribution in [0.1, 0.15) is 50.5 Å². The number of guanidine groups is 1. The number of carbonyl (C=O) groups excluding carboxylic acids is 1. The second-order valence-electron chi connectivity index (χ2n) is 7.65. The summed E-state index contributed by atoms with van der Waals surface area (Å²) in [5.74, 6) is -0.343. The molecule has 1 aromatic rings. The molecule has 2 aliphatic rings. The molecule has 30 heavy (non-hydrogen) atoms. The van der Waals surface area contributed by atoms with Gasteiger partial charge in [-0.25, -0.2) is 14.9 Å². The van der Waals surface area contributed by atoms with Crippen molar-refractivity contribution in [2.75, 3.05) is 6.54 Å². The van der Waals surface area contributed by atoms with Crippen molar-refractivity contribution in [1.82, 2.24) is 15.6 Å². The molecule has 1 heterocycles. The summed E-state index contributed by atoms with van der Waals surface area (Å²) < 4.78 is 11.6. The Balaban J connectivity index is 1.64. The topological polar surface area (TPSA) is 130 Å². The number of nitrogens with one attached hydrogen (secondary N) is 3.